The summed E-state index contributed by atoms with van der Waals surface area (Å²) in [5.74, 6) is 0. The first-order chi connectivity index (χ1) is 4.22. The Morgan fingerprint density at radius 3 is 1.78 bits per heavy atom. The molecule has 1 aliphatic heterocycles. The van der Waals surface area contributed by atoms with Gasteiger partial charge in [0.2, 0.25) is 0 Å². The molecule has 0 bridgehead atoms. The van der Waals surface area contributed by atoms with Crippen LogP contribution in [0.4, 0.5) is 0 Å². The summed E-state index contributed by atoms with van der Waals surface area (Å²) in [6.07, 6.45) is -2.92. The summed E-state index contributed by atoms with van der Waals surface area (Å²) in [6, 6.07) is 0. The average molecular weight is 134 g/mol. The molecule has 1 saturated heterocycles. The number of hydrogen-bond acceptors (Lipinski definition) is 4. The fourth-order valence-corrected chi connectivity index (χ4v) is 0.763. The number of aliphatic hydroxyl groups excluding tert-OH is 3. The summed E-state index contributed by atoms with van der Waals surface area (Å²) in [5, 5.41) is 26.5. The maximum Gasteiger partial charge on any atom is 0.110 e. The van der Waals surface area contributed by atoms with E-state index in [1.165, 1.54) is 0 Å². The van der Waals surface area contributed by atoms with E-state index in [4.69, 9.17) is 20.1 Å². The topological polar surface area (TPSA) is 69.9 Å². The molecule has 4 nitrogen and oxygen atoms in total. The van der Waals surface area contributed by atoms with Crippen molar-refractivity contribution in [2.45, 2.75) is 18.3 Å². The van der Waals surface area contributed by atoms with Crippen LogP contribution >= 0.6 is 0 Å². The number of aliphatic hydroxyl groups is 3. The molecule has 1 aliphatic rings. The maximum atomic E-state index is 8.87. The lowest BCUT2D eigenvalue weighted by molar-refractivity contribution is -0.150. The Kier molecular flexibility index (Phi) is 2.02. The number of ether oxygens (including phenoxy) is 1. The summed E-state index contributed by atoms with van der Waals surface area (Å²) in [4.78, 5) is 0. The van der Waals surface area contributed by atoms with E-state index < -0.39 is 18.3 Å². The normalized spacial score (nSPS) is 45.0. The van der Waals surface area contributed by atoms with E-state index in [1.807, 2.05) is 0 Å². The highest BCUT2D eigenvalue weighted by Gasteiger charge is 2.29. The lowest BCUT2D eigenvalue weighted by Gasteiger charge is -2.27. The molecule has 0 aromatic heterocycles. The van der Waals surface area contributed by atoms with E-state index in [0.29, 0.717) is 0 Å². The van der Waals surface area contributed by atoms with Gasteiger partial charge in [0, 0.05) is 0 Å². The first-order valence-corrected chi connectivity index (χ1v) is 2.84. The Balaban J connectivity index is 2.41. The van der Waals surface area contributed by atoms with Crippen LogP contribution in [0.25, 0.3) is 0 Å². The van der Waals surface area contributed by atoms with Gasteiger partial charge in [-0.1, -0.05) is 0 Å². The fraction of sp³-hybridized carbons (Fsp3) is 1.00. The second kappa shape index (κ2) is 2.62. The van der Waals surface area contributed by atoms with Crippen LogP contribution in [-0.2, 0) is 4.74 Å². The third-order valence-electron chi connectivity index (χ3n) is 1.37. The molecule has 9 heavy (non-hydrogen) atoms. The summed E-state index contributed by atoms with van der Waals surface area (Å²) in [5.41, 5.74) is 0. The molecule has 3 N–H and O–H groups in total. The Labute approximate surface area is 52.7 Å². The van der Waals surface area contributed by atoms with Gasteiger partial charge in [-0.3, -0.25) is 0 Å². The molecule has 0 spiro atoms. The van der Waals surface area contributed by atoms with Crippen LogP contribution in [0.5, 0.6) is 0 Å². The smallest absolute Gasteiger partial charge is 0.110 e. The van der Waals surface area contributed by atoms with Gasteiger partial charge in [-0.05, 0) is 0 Å². The Bertz CT molecular complexity index is 85.0. The molecule has 4 heteroatoms. The van der Waals surface area contributed by atoms with Gasteiger partial charge < -0.3 is 20.1 Å². The number of hydrogen-bond donors (Lipinski definition) is 3. The molecule has 0 amide bonds. The predicted octanol–water partition coefficient (Wildman–Crippen LogP) is -1.90. The first-order valence-electron chi connectivity index (χ1n) is 2.84. The van der Waals surface area contributed by atoms with E-state index in [0.717, 1.165) is 0 Å². The van der Waals surface area contributed by atoms with Crippen LogP contribution in [0.2, 0.25) is 0 Å². The minimum atomic E-state index is -1.04. The summed E-state index contributed by atoms with van der Waals surface area (Å²) in [6.45, 7) is 0.219. The zero-order valence-electron chi connectivity index (χ0n) is 4.90. The number of rotatable bonds is 0. The van der Waals surface area contributed by atoms with Crippen molar-refractivity contribution in [1.29, 1.82) is 0 Å². The largest absolute Gasteiger partial charge is 0.388 e. The van der Waals surface area contributed by atoms with E-state index in [2.05, 4.69) is 0 Å². The van der Waals surface area contributed by atoms with Crippen molar-refractivity contribution in [3.63, 3.8) is 0 Å². The SMILES string of the molecule is OC1[C@H](O)COC[C@@H]1O. The van der Waals surface area contributed by atoms with Gasteiger partial charge >= 0.3 is 0 Å². The predicted molar refractivity (Wildman–Crippen MR) is 28.8 cm³/mol. The van der Waals surface area contributed by atoms with Gasteiger partial charge in [0.25, 0.3) is 0 Å². The quantitative estimate of drug-likeness (QED) is 0.362. The van der Waals surface area contributed by atoms with Gasteiger partial charge in [-0.15, -0.1) is 0 Å². The molecule has 0 aromatic carbocycles. The van der Waals surface area contributed by atoms with Crippen molar-refractivity contribution in [3.05, 3.63) is 0 Å². The van der Waals surface area contributed by atoms with Gasteiger partial charge in [-0.2, -0.15) is 0 Å². The first kappa shape index (κ1) is 6.95. The molecule has 1 unspecified atom stereocenters. The third kappa shape index (κ3) is 1.40. The van der Waals surface area contributed by atoms with E-state index in [1.54, 1.807) is 0 Å². The summed E-state index contributed by atoms with van der Waals surface area (Å²) in [7, 11) is 0. The highest BCUT2D eigenvalue weighted by atomic mass is 16.5. The molecular weight excluding hydrogens is 124 g/mol. The minimum absolute atomic E-state index is 0.109. The van der Waals surface area contributed by atoms with Crippen molar-refractivity contribution in [3.8, 4) is 0 Å². The van der Waals surface area contributed by atoms with Crippen LogP contribution in [0.3, 0.4) is 0 Å². The molecule has 1 rings (SSSR count). The third-order valence-corrected chi connectivity index (χ3v) is 1.37. The van der Waals surface area contributed by atoms with E-state index >= 15 is 0 Å². The molecule has 54 valence electrons. The van der Waals surface area contributed by atoms with Crippen LogP contribution in [0.15, 0.2) is 0 Å². The average Bonchev–Trinajstić information content (AvgIpc) is 1.83. The molecule has 0 radical (unpaired) electrons. The van der Waals surface area contributed by atoms with Crippen LogP contribution in [-0.4, -0.2) is 46.8 Å². The van der Waals surface area contributed by atoms with E-state index in [-0.39, 0.29) is 13.2 Å². The molecule has 0 aliphatic carbocycles. The Morgan fingerprint density at radius 2 is 1.44 bits per heavy atom. The zero-order valence-corrected chi connectivity index (χ0v) is 4.90. The van der Waals surface area contributed by atoms with Gasteiger partial charge in [0.15, 0.2) is 0 Å². The van der Waals surface area contributed by atoms with Crippen molar-refractivity contribution in [2.24, 2.45) is 0 Å². The minimum Gasteiger partial charge on any atom is -0.388 e. The Hall–Kier alpha value is -0.160. The zero-order chi connectivity index (χ0) is 6.85. The van der Waals surface area contributed by atoms with Crippen molar-refractivity contribution >= 4 is 0 Å². The van der Waals surface area contributed by atoms with Crippen LogP contribution < -0.4 is 0 Å². The highest BCUT2D eigenvalue weighted by molar-refractivity contribution is 4.78. The summed E-state index contributed by atoms with van der Waals surface area (Å²) >= 11 is 0. The van der Waals surface area contributed by atoms with Crippen LogP contribution in [0.1, 0.15) is 0 Å². The van der Waals surface area contributed by atoms with E-state index in [9.17, 15) is 0 Å². The summed E-state index contributed by atoms with van der Waals surface area (Å²) < 4.78 is 4.70. The lowest BCUT2D eigenvalue weighted by Crippen LogP contribution is -2.47. The van der Waals surface area contributed by atoms with Gasteiger partial charge in [-0.25, -0.2) is 0 Å². The molecule has 3 atom stereocenters. The second-order valence-corrected chi connectivity index (χ2v) is 2.16. The fourth-order valence-electron chi connectivity index (χ4n) is 0.763. The van der Waals surface area contributed by atoms with Crippen molar-refractivity contribution in [2.75, 3.05) is 13.2 Å². The van der Waals surface area contributed by atoms with Crippen molar-refractivity contribution < 1.29 is 20.1 Å². The molecular formula is C5H10O4. The van der Waals surface area contributed by atoms with Gasteiger partial charge in [0.05, 0.1) is 13.2 Å². The molecule has 0 aromatic rings. The second-order valence-electron chi connectivity index (χ2n) is 2.16. The highest BCUT2D eigenvalue weighted by Crippen LogP contribution is 2.07. The lowest BCUT2D eigenvalue weighted by atomic mass is 10.1. The molecule has 1 heterocycles. The molecule has 1 fully saturated rings. The Morgan fingerprint density at radius 1 is 1.00 bits per heavy atom. The maximum absolute atomic E-state index is 8.87. The standard InChI is InChI=1S/C5H10O4/c6-3-1-9-2-4(7)5(3)8/h3-8H,1-2H2/t3-,4+,5?. The monoisotopic (exact) mass is 134 g/mol. The molecule has 0 saturated carbocycles. The van der Waals surface area contributed by atoms with Crippen LogP contribution in [0, 0.1) is 0 Å². The van der Waals surface area contributed by atoms with Crippen molar-refractivity contribution in [1.82, 2.24) is 0 Å². The van der Waals surface area contributed by atoms with Gasteiger partial charge in [0.1, 0.15) is 18.3 Å².